The number of aromatic nitrogens is 1. The van der Waals surface area contributed by atoms with Crippen molar-refractivity contribution in [3.05, 3.63) is 29.6 Å². The minimum atomic E-state index is -0.239. The molecular formula is C8H13N3O. The number of hydrogen-bond donors (Lipinski definition) is 3. The maximum atomic E-state index is 8.82. The van der Waals surface area contributed by atoms with Gasteiger partial charge in [0.2, 0.25) is 0 Å². The molecule has 0 saturated heterocycles. The van der Waals surface area contributed by atoms with Crippen LogP contribution in [0.3, 0.4) is 0 Å². The lowest BCUT2D eigenvalue weighted by Gasteiger charge is -2.08. The minimum Gasteiger partial charge on any atom is -0.392 e. The van der Waals surface area contributed by atoms with Gasteiger partial charge in [0.15, 0.2) is 0 Å². The van der Waals surface area contributed by atoms with E-state index in [1.165, 1.54) is 0 Å². The van der Waals surface area contributed by atoms with E-state index in [1.807, 2.05) is 0 Å². The number of pyridine rings is 1. The lowest BCUT2D eigenvalue weighted by atomic mass is 10.1. The van der Waals surface area contributed by atoms with E-state index in [1.54, 1.807) is 18.3 Å². The van der Waals surface area contributed by atoms with Crippen LogP contribution in [0.25, 0.3) is 0 Å². The van der Waals surface area contributed by atoms with Crippen LogP contribution in [0, 0.1) is 0 Å². The normalized spacial score (nSPS) is 12.9. The van der Waals surface area contributed by atoms with Gasteiger partial charge < -0.3 is 16.6 Å². The van der Waals surface area contributed by atoms with Crippen molar-refractivity contribution in [3.63, 3.8) is 0 Å². The standard InChI is InChI=1S/C8H13N3O/c9-4-7(10)8-3-6(5-12)1-2-11-8/h1-3,7,12H,4-5,9-10H2. The Morgan fingerprint density at radius 1 is 1.58 bits per heavy atom. The lowest BCUT2D eigenvalue weighted by Crippen LogP contribution is -2.21. The first-order chi connectivity index (χ1) is 5.77. The average molecular weight is 167 g/mol. The fourth-order valence-electron chi connectivity index (χ4n) is 0.916. The molecule has 0 saturated carbocycles. The summed E-state index contributed by atoms with van der Waals surface area (Å²) in [5, 5.41) is 8.82. The van der Waals surface area contributed by atoms with Gasteiger partial charge in [0.25, 0.3) is 0 Å². The molecule has 0 aromatic carbocycles. The van der Waals surface area contributed by atoms with Gasteiger partial charge in [-0.05, 0) is 17.7 Å². The Morgan fingerprint density at radius 2 is 2.33 bits per heavy atom. The molecule has 0 bridgehead atoms. The number of hydrogen-bond acceptors (Lipinski definition) is 4. The van der Waals surface area contributed by atoms with Crippen molar-refractivity contribution in [2.24, 2.45) is 11.5 Å². The second-order valence-electron chi connectivity index (χ2n) is 2.59. The van der Waals surface area contributed by atoms with E-state index in [2.05, 4.69) is 4.98 Å². The van der Waals surface area contributed by atoms with E-state index in [9.17, 15) is 0 Å². The fraction of sp³-hybridized carbons (Fsp3) is 0.375. The molecule has 12 heavy (non-hydrogen) atoms. The summed E-state index contributed by atoms with van der Waals surface area (Å²) < 4.78 is 0. The molecule has 5 N–H and O–H groups in total. The van der Waals surface area contributed by atoms with Crippen molar-refractivity contribution in [2.75, 3.05) is 6.54 Å². The molecule has 4 heteroatoms. The average Bonchev–Trinajstić information content (AvgIpc) is 2.17. The summed E-state index contributed by atoms with van der Waals surface area (Å²) in [5.74, 6) is 0. The summed E-state index contributed by atoms with van der Waals surface area (Å²) in [6.07, 6.45) is 1.62. The third kappa shape index (κ3) is 2.01. The number of aliphatic hydroxyl groups is 1. The van der Waals surface area contributed by atoms with E-state index in [0.29, 0.717) is 6.54 Å². The number of nitrogens with zero attached hydrogens (tertiary/aromatic N) is 1. The SMILES string of the molecule is NCC(N)c1cc(CO)ccn1. The van der Waals surface area contributed by atoms with Crippen molar-refractivity contribution in [1.29, 1.82) is 0 Å². The lowest BCUT2D eigenvalue weighted by molar-refractivity contribution is 0.281. The number of aliphatic hydroxyl groups excluding tert-OH is 1. The molecule has 1 heterocycles. The quantitative estimate of drug-likeness (QED) is 0.568. The van der Waals surface area contributed by atoms with Crippen molar-refractivity contribution in [3.8, 4) is 0 Å². The molecule has 0 spiro atoms. The molecule has 0 aliphatic carbocycles. The molecule has 0 radical (unpaired) electrons. The van der Waals surface area contributed by atoms with Gasteiger partial charge in [-0.25, -0.2) is 0 Å². The van der Waals surface area contributed by atoms with E-state index < -0.39 is 0 Å². The van der Waals surface area contributed by atoms with Crippen LogP contribution in [-0.4, -0.2) is 16.6 Å². The van der Waals surface area contributed by atoms with Crippen molar-refractivity contribution >= 4 is 0 Å². The Bertz CT molecular complexity index is 252. The van der Waals surface area contributed by atoms with Crippen LogP contribution in [-0.2, 0) is 6.61 Å². The Morgan fingerprint density at radius 3 is 2.92 bits per heavy atom. The number of rotatable bonds is 3. The van der Waals surface area contributed by atoms with E-state index in [4.69, 9.17) is 16.6 Å². The highest BCUT2D eigenvalue weighted by Crippen LogP contribution is 2.07. The van der Waals surface area contributed by atoms with Gasteiger partial charge in [-0.1, -0.05) is 0 Å². The monoisotopic (exact) mass is 167 g/mol. The van der Waals surface area contributed by atoms with Crippen LogP contribution in [0.2, 0.25) is 0 Å². The highest BCUT2D eigenvalue weighted by Gasteiger charge is 2.04. The molecule has 0 fully saturated rings. The largest absolute Gasteiger partial charge is 0.392 e. The van der Waals surface area contributed by atoms with Gasteiger partial charge in [0, 0.05) is 12.7 Å². The van der Waals surface area contributed by atoms with Crippen LogP contribution < -0.4 is 11.5 Å². The molecule has 1 atom stereocenters. The van der Waals surface area contributed by atoms with Crippen LogP contribution in [0.1, 0.15) is 17.3 Å². The van der Waals surface area contributed by atoms with Gasteiger partial charge >= 0.3 is 0 Å². The third-order valence-electron chi connectivity index (χ3n) is 1.66. The zero-order chi connectivity index (χ0) is 8.97. The highest BCUT2D eigenvalue weighted by molar-refractivity contribution is 5.17. The second kappa shape index (κ2) is 4.15. The Balaban J connectivity index is 2.86. The van der Waals surface area contributed by atoms with Crippen LogP contribution in [0.15, 0.2) is 18.3 Å². The second-order valence-corrected chi connectivity index (χ2v) is 2.59. The topological polar surface area (TPSA) is 85.2 Å². The first kappa shape index (κ1) is 9.12. The molecule has 1 rings (SSSR count). The van der Waals surface area contributed by atoms with E-state index in [0.717, 1.165) is 11.3 Å². The van der Waals surface area contributed by atoms with Gasteiger partial charge in [0.1, 0.15) is 0 Å². The Kier molecular flexibility index (Phi) is 3.16. The molecular weight excluding hydrogens is 154 g/mol. The first-order valence-electron chi connectivity index (χ1n) is 3.79. The third-order valence-corrected chi connectivity index (χ3v) is 1.66. The molecule has 0 amide bonds. The van der Waals surface area contributed by atoms with Crippen LogP contribution in [0.4, 0.5) is 0 Å². The van der Waals surface area contributed by atoms with Gasteiger partial charge in [-0.3, -0.25) is 4.98 Å². The van der Waals surface area contributed by atoms with Crippen molar-refractivity contribution < 1.29 is 5.11 Å². The highest BCUT2D eigenvalue weighted by atomic mass is 16.3. The predicted octanol–water partition coefficient (Wildman–Crippen LogP) is -0.468. The van der Waals surface area contributed by atoms with Crippen molar-refractivity contribution in [2.45, 2.75) is 12.6 Å². The molecule has 4 nitrogen and oxygen atoms in total. The van der Waals surface area contributed by atoms with Gasteiger partial charge in [-0.15, -0.1) is 0 Å². The summed E-state index contributed by atoms with van der Waals surface area (Å²) in [4.78, 5) is 4.04. The fourth-order valence-corrected chi connectivity index (χ4v) is 0.916. The maximum Gasteiger partial charge on any atom is 0.0683 e. The zero-order valence-corrected chi connectivity index (χ0v) is 6.77. The Hall–Kier alpha value is -0.970. The van der Waals surface area contributed by atoms with E-state index >= 15 is 0 Å². The molecule has 66 valence electrons. The molecule has 0 aliphatic heterocycles. The molecule has 1 unspecified atom stereocenters. The smallest absolute Gasteiger partial charge is 0.0683 e. The summed E-state index contributed by atoms with van der Waals surface area (Å²) in [6.45, 7) is 0.370. The summed E-state index contributed by atoms with van der Waals surface area (Å²) in [5.41, 5.74) is 12.6. The predicted molar refractivity (Wildman–Crippen MR) is 46.1 cm³/mol. The van der Waals surface area contributed by atoms with Crippen LogP contribution in [0.5, 0.6) is 0 Å². The van der Waals surface area contributed by atoms with Gasteiger partial charge in [0.05, 0.1) is 18.3 Å². The van der Waals surface area contributed by atoms with E-state index in [-0.39, 0.29) is 12.6 Å². The molecule has 1 aromatic heterocycles. The number of nitrogens with two attached hydrogens (primary N) is 2. The first-order valence-corrected chi connectivity index (χ1v) is 3.79. The van der Waals surface area contributed by atoms with Crippen LogP contribution >= 0.6 is 0 Å². The maximum absolute atomic E-state index is 8.82. The summed E-state index contributed by atoms with van der Waals surface area (Å²) in [7, 11) is 0. The summed E-state index contributed by atoms with van der Waals surface area (Å²) >= 11 is 0. The summed E-state index contributed by atoms with van der Waals surface area (Å²) in [6, 6.07) is 3.26. The molecule has 0 aliphatic rings. The molecule has 1 aromatic rings. The Labute approximate surface area is 71.2 Å². The zero-order valence-electron chi connectivity index (χ0n) is 6.77. The minimum absolute atomic E-state index is 0.00676. The van der Waals surface area contributed by atoms with Gasteiger partial charge in [-0.2, -0.15) is 0 Å². The van der Waals surface area contributed by atoms with Crippen molar-refractivity contribution in [1.82, 2.24) is 4.98 Å².